The Labute approximate surface area is 164 Å². The molecule has 1 aliphatic carbocycles. The van der Waals surface area contributed by atoms with E-state index in [0.29, 0.717) is 17.6 Å². The number of Topliss-reactive ketones (excluding diaryl/α,β-unsaturated/α-hetero) is 1. The van der Waals surface area contributed by atoms with Crippen LogP contribution in [0.1, 0.15) is 37.7 Å². The summed E-state index contributed by atoms with van der Waals surface area (Å²) in [7, 11) is 1.38. The van der Waals surface area contributed by atoms with Gasteiger partial charge in [-0.3, -0.25) is 4.79 Å². The Kier molecular flexibility index (Phi) is 4.86. The smallest absolute Gasteiger partial charge is 0.336 e. The third kappa shape index (κ3) is 3.15. The summed E-state index contributed by atoms with van der Waals surface area (Å²) in [6.45, 7) is 1.88. The number of dihydropyridines is 1. The van der Waals surface area contributed by atoms with Crippen LogP contribution in [-0.4, -0.2) is 18.9 Å². The van der Waals surface area contributed by atoms with Crippen molar-refractivity contribution in [3.63, 3.8) is 0 Å². The van der Waals surface area contributed by atoms with Gasteiger partial charge in [0.2, 0.25) is 0 Å². The summed E-state index contributed by atoms with van der Waals surface area (Å²) in [5, 5.41) is 3.29. The Morgan fingerprint density at radius 3 is 2.36 bits per heavy atom. The fourth-order valence-electron chi connectivity index (χ4n) is 4.20. The Bertz CT molecular complexity index is 984. The van der Waals surface area contributed by atoms with Gasteiger partial charge in [0.15, 0.2) is 5.78 Å². The molecular weight excluding hydrogens is 350 g/mol. The quantitative estimate of drug-likeness (QED) is 0.805. The normalized spacial score (nSPS) is 19.2. The van der Waals surface area contributed by atoms with Gasteiger partial charge < -0.3 is 10.1 Å². The van der Waals surface area contributed by atoms with Crippen molar-refractivity contribution in [2.75, 3.05) is 7.11 Å². The number of ketones is 1. The third-order valence-corrected chi connectivity index (χ3v) is 5.53. The van der Waals surface area contributed by atoms with E-state index >= 15 is 0 Å². The molecule has 1 atom stereocenters. The molecule has 4 heteroatoms. The Morgan fingerprint density at radius 1 is 1.00 bits per heavy atom. The van der Waals surface area contributed by atoms with E-state index in [-0.39, 0.29) is 11.7 Å². The predicted octanol–water partition coefficient (Wildman–Crippen LogP) is 4.49. The van der Waals surface area contributed by atoms with Crippen molar-refractivity contribution in [3.05, 3.63) is 82.7 Å². The van der Waals surface area contributed by atoms with E-state index < -0.39 is 5.97 Å². The molecule has 0 unspecified atom stereocenters. The summed E-state index contributed by atoms with van der Waals surface area (Å²) in [6, 6.07) is 18.3. The fraction of sp³-hybridized carbons (Fsp3) is 0.250. The van der Waals surface area contributed by atoms with Gasteiger partial charge in [-0.15, -0.1) is 0 Å². The van der Waals surface area contributed by atoms with Crippen molar-refractivity contribution in [2.24, 2.45) is 0 Å². The number of esters is 1. The van der Waals surface area contributed by atoms with Crippen molar-refractivity contribution < 1.29 is 14.3 Å². The van der Waals surface area contributed by atoms with Crippen molar-refractivity contribution in [1.29, 1.82) is 0 Å². The van der Waals surface area contributed by atoms with E-state index in [2.05, 4.69) is 17.4 Å². The zero-order chi connectivity index (χ0) is 19.7. The van der Waals surface area contributed by atoms with Gasteiger partial charge in [0.25, 0.3) is 0 Å². The molecule has 0 fully saturated rings. The number of methoxy groups -OCH3 is 1. The van der Waals surface area contributed by atoms with Crippen molar-refractivity contribution in [3.8, 4) is 11.1 Å². The van der Waals surface area contributed by atoms with E-state index in [1.807, 2.05) is 49.4 Å². The molecule has 0 aromatic heterocycles. The number of hydrogen-bond acceptors (Lipinski definition) is 4. The highest BCUT2D eigenvalue weighted by molar-refractivity contribution is 6.03. The first kappa shape index (κ1) is 18.2. The van der Waals surface area contributed by atoms with E-state index in [1.54, 1.807) is 0 Å². The molecule has 0 saturated heterocycles. The van der Waals surface area contributed by atoms with Crippen LogP contribution >= 0.6 is 0 Å². The van der Waals surface area contributed by atoms with Gasteiger partial charge in [-0.25, -0.2) is 4.79 Å². The van der Waals surface area contributed by atoms with Crippen LogP contribution < -0.4 is 5.32 Å². The summed E-state index contributed by atoms with van der Waals surface area (Å²) in [5.74, 6) is -0.673. The Morgan fingerprint density at radius 2 is 1.68 bits per heavy atom. The molecule has 1 N–H and O–H groups in total. The molecule has 1 aliphatic heterocycles. The van der Waals surface area contributed by atoms with Crippen LogP contribution in [0.2, 0.25) is 0 Å². The van der Waals surface area contributed by atoms with Crippen molar-refractivity contribution in [1.82, 2.24) is 5.32 Å². The summed E-state index contributed by atoms with van der Waals surface area (Å²) < 4.78 is 5.05. The van der Waals surface area contributed by atoms with Crippen LogP contribution in [0.4, 0.5) is 0 Å². The Hall–Kier alpha value is -3.14. The van der Waals surface area contributed by atoms with Gasteiger partial charge in [0, 0.05) is 29.3 Å². The maximum atomic E-state index is 12.8. The maximum Gasteiger partial charge on any atom is 0.336 e. The average molecular weight is 373 g/mol. The molecule has 0 radical (unpaired) electrons. The van der Waals surface area contributed by atoms with Crippen LogP contribution in [0, 0.1) is 0 Å². The molecule has 2 aliphatic rings. The number of ether oxygens (including phenoxy) is 1. The molecule has 0 spiro atoms. The van der Waals surface area contributed by atoms with Crippen LogP contribution in [0.25, 0.3) is 11.1 Å². The van der Waals surface area contributed by atoms with Crippen LogP contribution in [0.3, 0.4) is 0 Å². The van der Waals surface area contributed by atoms with Gasteiger partial charge in [0.05, 0.1) is 12.7 Å². The monoisotopic (exact) mass is 373 g/mol. The van der Waals surface area contributed by atoms with E-state index in [1.165, 1.54) is 7.11 Å². The van der Waals surface area contributed by atoms with Crippen LogP contribution in [0.15, 0.2) is 77.1 Å². The van der Waals surface area contributed by atoms with Crippen molar-refractivity contribution in [2.45, 2.75) is 32.1 Å². The SMILES string of the molecule is COC(=O)C1=C(C)NC2=C(C(=O)CCC2)[C@@H]1c1ccc(-c2ccccc2)cc1. The number of rotatable bonds is 3. The minimum atomic E-state index is -0.396. The fourth-order valence-corrected chi connectivity index (χ4v) is 4.20. The molecular formula is C24H23NO3. The van der Waals surface area contributed by atoms with E-state index in [0.717, 1.165) is 40.9 Å². The van der Waals surface area contributed by atoms with Gasteiger partial charge in [0.1, 0.15) is 0 Å². The Balaban J connectivity index is 1.81. The lowest BCUT2D eigenvalue weighted by molar-refractivity contribution is -0.136. The minimum Gasteiger partial charge on any atom is -0.466 e. The molecule has 142 valence electrons. The maximum absolute atomic E-state index is 12.8. The molecule has 4 nitrogen and oxygen atoms in total. The first-order valence-corrected chi connectivity index (χ1v) is 9.58. The highest BCUT2D eigenvalue weighted by Gasteiger charge is 2.38. The number of carbonyl (C=O) groups is 2. The molecule has 28 heavy (non-hydrogen) atoms. The topological polar surface area (TPSA) is 55.4 Å². The second-order valence-electron chi connectivity index (χ2n) is 7.25. The first-order valence-electron chi connectivity index (χ1n) is 9.58. The molecule has 2 aromatic carbocycles. The third-order valence-electron chi connectivity index (χ3n) is 5.53. The average Bonchev–Trinajstić information content (AvgIpc) is 2.73. The summed E-state index contributed by atoms with van der Waals surface area (Å²) >= 11 is 0. The van der Waals surface area contributed by atoms with Crippen LogP contribution in [-0.2, 0) is 14.3 Å². The number of nitrogens with one attached hydrogen (secondary N) is 1. The first-order chi connectivity index (χ1) is 13.6. The minimum absolute atomic E-state index is 0.111. The lowest BCUT2D eigenvalue weighted by atomic mass is 9.75. The summed E-state index contributed by atoms with van der Waals surface area (Å²) in [4.78, 5) is 25.4. The van der Waals surface area contributed by atoms with Crippen molar-refractivity contribution >= 4 is 11.8 Å². The largest absolute Gasteiger partial charge is 0.466 e. The van der Waals surface area contributed by atoms with Gasteiger partial charge in [-0.05, 0) is 36.5 Å². The molecule has 0 amide bonds. The van der Waals surface area contributed by atoms with E-state index in [4.69, 9.17) is 4.74 Å². The number of benzene rings is 2. The molecule has 0 bridgehead atoms. The van der Waals surface area contributed by atoms with Gasteiger partial charge >= 0.3 is 5.97 Å². The lowest BCUT2D eigenvalue weighted by Gasteiger charge is -2.34. The van der Waals surface area contributed by atoms with Gasteiger partial charge in [-0.1, -0.05) is 54.6 Å². The standard InChI is InChI=1S/C24H23NO3/c1-15-21(24(27)28-2)22(23-19(25-15)9-6-10-20(23)26)18-13-11-17(12-14-18)16-7-4-3-5-8-16/h3-5,7-8,11-14,22,25H,6,9-10H2,1-2H3/t22-/m1/s1. The molecule has 1 heterocycles. The zero-order valence-electron chi connectivity index (χ0n) is 16.1. The zero-order valence-corrected chi connectivity index (χ0v) is 16.1. The number of allylic oxidation sites excluding steroid dienone is 3. The van der Waals surface area contributed by atoms with Gasteiger partial charge in [-0.2, -0.15) is 0 Å². The second-order valence-corrected chi connectivity index (χ2v) is 7.25. The molecule has 0 saturated carbocycles. The number of carbonyl (C=O) groups excluding carboxylic acids is 2. The van der Waals surface area contributed by atoms with Crippen LogP contribution in [0.5, 0.6) is 0 Å². The number of hydrogen-bond donors (Lipinski definition) is 1. The predicted molar refractivity (Wildman–Crippen MR) is 108 cm³/mol. The highest BCUT2D eigenvalue weighted by atomic mass is 16.5. The molecule has 2 aromatic rings. The highest BCUT2D eigenvalue weighted by Crippen LogP contribution is 2.42. The summed E-state index contributed by atoms with van der Waals surface area (Å²) in [5.41, 5.74) is 6.10. The van der Waals surface area contributed by atoms with E-state index in [9.17, 15) is 9.59 Å². The second kappa shape index (κ2) is 7.47. The summed E-state index contributed by atoms with van der Waals surface area (Å²) in [6.07, 6.45) is 2.18. The molecule has 4 rings (SSSR count). The lowest BCUT2D eigenvalue weighted by Crippen LogP contribution is -2.34.